The zero-order valence-electron chi connectivity index (χ0n) is 10.7. The second kappa shape index (κ2) is 6.12. The highest BCUT2D eigenvalue weighted by Crippen LogP contribution is 2.27. The Morgan fingerprint density at radius 1 is 1.41 bits per heavy atom. The van der Waals surface area contributed by atoms with E-state index in [0.717, 1.165) is 13.1 Å². The number of hydrogen-bond acceptors (Lipinski definition) is 3. The van der Waals surface area contributed by atoms with E-state index in [4.69, 9.17) is 5.73 Å². The van der Waals surface area contributed by atoms with Crippen molar-refractivity contribution in [1.82, 2.24) is 9.88 Å². The third-order valence-electron chi connectivity index (χ3n) is 3.89. The molecule has 1 aromatic heterocycles. The van der Waals surface area contributed by atoms with Gasteiger partial charge in [-0.2, -0.15) is 0 Å². The molecule has 1 heterocycles. The van der Waals surface area contributed by atoms with Crippen LogP contribution in [0.4, 0.5) is 0 Å². The van der Waals surface area contributed by atoms with Crippen molar-refractivity contribution in [1.29, 1.82) is 0 Å². The van der Waals surface area contributed by atoms with E-state index in [0.29, 0.717) is 12.0 Å². The van der Waals surface area contributed by atoms with Crippen molar-refractivity contribution in [3.63, 3.8) is 0 Å². The zero-order valence-corrected chi connectivity index (χ0v) is 10.7. The summed E-state index contributed by atoms with van der Waals surface area (Å²) < 4.78 is 0. The first-order valence-corrected chi connectivity index (χ1v) is 6.60. The lowest BCUT2D eigenvalue weighted by molar-refractivity contribution is 0.127. The summed E-state index contributed by atoms with van der Waals surface area (Å²) in [5.74, 6) is 0.672. The summed E-state index contributed by atoms with van der Waals surface area (Å²) in [5, 5.41) is 0. The van der Waals surface area contributed by atoms with E-state index in [9.17, 15) is 0 Å². The normalized spacial score (nSPS) is 25.1. The number of nitrogens with zero attached hydrogens (tertiary/aromatic N) is 2. The van der Waals surface area contributed by atoms with Crippen LogP contribution in [0.25, 0.3) is 0 Å². The lowest BCUT2D eigenvalue weighted by Crippen LogP contribution is -2.42. The van der Waals surface area contributed by atoms with Crippen LogP contribution < -0.4 is 5.73 Å². The van der Waals surface area contributed by atoms with Gasteiger partial charge >= 0.3 is 0 Å². The Hall–Kier alpha value is -0.930. The average Bonchev–Trinajstić information content (AvgIpc) is 2.40. The highest BCUT2D eigenvalue weighted by molar-refractivity contribution is 5.08. The Balaban J connectivity index is 1.96. The van der Waals surface area contributed by atoms with Crippen molar-refractivity contribution in [3.8, 4) is 0 Å². The first-order chi connectivity index (χ1) is 8.31. The summed E-state index contributed by atoms with van der Waals surface area (Å²) in [4.78, 5) is 6.62. The molecular weight excluding hydrogens is 210 g/mol. The van der Waals surface area contributed by atoms with E-state index < -0.39 is 0 Å². The van der Waals surface area contributed by atoms with Crippen LogP contribution in [-0.2, 0) is 6.54 Å². The highest BCUT2D eigenvalue weighted by atomic mass is 15.1. The van der Waals surface area contributed by atoms with Gasteiger partial charge in [-0.25, -0.2) is 0 Å². The van der Waals surface area contributed by atoms with E-state index >= 15 is 0 Å². The summed E-state index contributed by atoms with van der Waals surface area (Å²) in [6.45, 7) is 1.80. The van der Waals surface area contributed by atoms with E-state index in [-0.39, 0.29) is 0 Å². The molecule has 0 aliphatic heterocycles. The van der Waals surface area contributed by atoms with Crippen LogP contribution in [0.15, 0.2) is 24.5 Å². The molecule has 17 heavy (non-hydrogen) atoms. The first kappa shape index (κ1) is 12.5. The fraction of sp³-hybridized carbons (Fsp3) is 0.643. The van der Waals surface area contributed by atoms with Gasteiger partial charge in [0.05, 0.1) is 0 Å². The molecule has 1 aliphatic carbocycles. The Morgan fingerprint density at radius 2 is 2.24 bits per heavy atom. The van der Waals surface area contributed by atoms with Crippen molar-refractivity contribution in [2.24, 2.45) is 11.7 Å². The molecule has 2 N–H and O–H groups in total. The summed E-state index contributed by atoms with van der Waals surface area (Å²) in [6, 6.07) is 4.79. The topological polar surface area (TPSA) is 42.2 Å². The predicted octanol–water partition coefficient (Wildman–Crippen LogP) is 2.03. The molecule has 1 saturated carbocycles. The van der Waals surface area contributed by atoms with Crippen molar-refractivity contribution in [2.75, 3.05) is 13.6 Å². The minimum Gasteiger partial charge on any atom is -0.330 e. The maximum atomic E-state index is 5.89. The van der Waals surface area contributed by atoms with E-state index in [2.05, 4.69) is 23.0 Å². The smallest absolute Gasteiger partial charge is 0.0312 e. The SMILES string of the molecule is CN(Cc1cccnc1)C1CCCCC1CN. The molecule has 94 valence electrons. The fourth-order valence-corrected chi connectivity index (χ4v) is 2.94. The van der Waals surface area contributed by atoms with Gasteiger partial charge in [-0.1, -0.05) is 18.9 Å². The maximum absolute atomic E-state index is 5.89. The fourth-order valence-electron chi connectivity index (χ4n) is 2.94. The van der Waals surface area contributed by atoms with Gasteiger partial charge in [0, 0.05) is 25.0 Å². The molecule has 2 unspecified atom stereocenters. The van der Waals surface area contributed by atoms with Crippen LogP contribution in [0, 0.1) is 5.92 Å². The summed E-state index contributed by atoms with van der Waals surface area (Å²) >= 11 is 0. The van der Waals surface area contributed by atoms with Gasteiger partial charge in [0.1, 0.15) is 0 Å². The van der Waals surface area contributed by atoms with Gasteiger partial charge in [-0.15, -0.1) is 0 Å². The average molecular weight is 233 g/mol. The molecule has 0 aromatic carbocycles. The standard InChI is InChI=1S/C14H23N3/c1-17(11-12-5-4-8-16-10-12)14-7-3-2-6-13(14)9-15/h4-5,8,10,13-14H,2-3,6-7,9,11,15H2,1H3. The van der Waals surface area contributed by atoms with Crippen LogP contribution >= 0.6 is 0 Å². The molecule has 0 spiro atoms. The minimum atomic E-state index is 0.647. The van der Waals surface area contributed by atoms with Crippen LogP contribution in [-0.4, -0.2) is 29.5 Å². The first-order valence-electron chi connectivity index (χ1n) is 6.60. The number of hydrogen-bond donors (Lipinski definition) is 1. The molecule has 3 heteroatoms. The van der Waals surface area contributed by atoms with E-state index in [1.807, 2.05) is 18.5 Å². The number of nitrogens with two attached hydrogens (primary N) is 1. The van der Waals surface area contributed by atoms with Crippen molar-refractivity contribution >= 4 is 0 Å². The summed E-state index contributed by atoms with van der Waals surface area (Å²) in [7, 11) is 2.21. The molecule has 3 nitrogen and oxygen atoms in total. The molecule has 0 bridgehead atoms. The minimum absolute atomic E-state index is 0.647. The van der Waals surface area contributed by atoms with Crippen LogP contribution in [0.2, 0.25) is 0 Å². The lowest BCUT2D eigenvalue weighted by atomic mass is 9.83. The Bertz CT molecular complexity index is 325. The number of rotatable bonds is 4. The number of aromatic nitrogens is 1. The van der Waals surface area contributed by atoms with Crippen molar-refractivity contribution < 1.29 is 0 Å². The van der Waals surface area contributed by atoms with Crippen LogP contribution in [0.3, 0.4) is 0 Å². The maximum Gasteiger partial charge on any atom is 0.0312 e. The quantitative estimate of drug-likeness (QED) is 0.865. The number of pyridine rings is 1. The molecule has 0 radical (unpaired) electrons. The van der Waals surface area contributed by atoms with Crippen LogP contribution in [0.1, 0.15) is 31.2 Å². The van der Waals surface area contributed by atoms with Gasteiger partial charge in [-0.3, -0.25) is 9.88 Å². The molecule has 1 aromatic rings. The molecule has 2 atom stereocenters. The second-order valence-corrected chi connectivity index (χ2v) is 5.12. The summed E-state index contributed by atoms with van der Waals surface area (Å²) in [6.07, 6.45) is 9.05. The Morgan fingerprint density at radius 3 is 2.94 bits per heavy atom. The largest absolute Gasteiger partial charge is 0.330 e. The monoisotopic (exact) mass is 233 g/mol. The molecule has 0 amide bonds. The van der Waals surface area contributed by atoms with E-state index in [1.165, 1.54) is 31.2 Å². The Kier molecular flexibility index (Phi) is 4.51. The van der Waals surface area contributed by atoms with Gasteiger partial charge in [0.15, 0.2) is 0 Å². The van der Waals surface area contributed by atoms with Gasteiger partial charge in [0.25, 0.3) is 0 Å². The predicted molar refractivity (Wildman–Crippen MR) is 70.5 cm³/mol. The lowest BCUT2D eigenvalue weighted by Gasteiger charge is -2.37. The van der Waals surface area contributed by atoms with E-state index in [1.54, 1.807) is 0 Å². The molecule has 1 fully saturated rings. The molecule has 0 saturated heterocycles. The van der Waals surface area contributed by atoms with Gasteiger partial charge in [0.2, 0.25) is 0 Å². The molecular formula is C14H23N3. The molecule has 1 aliphatic rings. The Labute approximate surface area is 104 Å². The van der Waals surface area contributed by atoms with Crippen LogP contribution in [0.5, 0.6) is 0 Å². The van der Waals surface area contributed by atoms with Gasteiger partial charge < -0.3 is 5.73 Å². The van der Waals surface area contributed by atoms with Crippen molar-refractivity contribution in [2.45, 2.75) is 38.3 Å². The third-order valence-corrected chi connectivity index (χ3v) is 3.89. The summed E-state index contributed by atoms with van der Waals surface area (Å²) in [5.41, 5.74) is 7.17. The second-order valence-electron chi connectivity index (χ2n) is 5.12. The zero-order chi connectivity index (χ0) is 12.1. The van der Waals surface area contributed by atoms with Gasteiger partial charge in [-0.05, 0) is 44.0 Å². The van der Waals surface area contributed by atoms with Crippen molar-refractivity contribution in [3.05, 3.63) is 30.1 Å². The highest BCUT2D eigenvalue weighted by Gasteiger charge is 2.27. The molecule has 2 rings (SSSR count). The third kappa shape index (κ3) is 3.27.